The van der Waals surface area contributed by atoms with Crippen molar-refractivity contribution in [2.24, 2.45) is 11.8 Å². The molecule has 2 heteroatoms. The summed E-state index contributed by atoms with van der Waals surface area (Å²) in [6, 6.07) is 10.2. The van der Waals surface area contributed by atoms with Crippen LogP contribution in [-0.2, 0) is 4.79 Å². The topological polar surface area (TPSA) is 20.3 Å². The van der Waals surface area contributed by atoms with Crippen LogP contribution >= 0.6 is 0 Å². The molecule has 2 fully saturated rings. The highest BCUT2D eigenvalue weighted by Crippen LogP contribution is 2.28. The number of likely N-dealkylation sites (tertiary alicyclic amines) is 1. The molecule has 0 aromatic heterocycles. The standard InChI is InChI=1S/C20H27NO/c1-16-10-12-21(13-11-16)15-19-9-5-8-18(20(19)22)14-17-6-3-2-4-7-17/h2-4,6-7,14,16,19H,5,8-13,15H2,1H3/b18-14+. The molecule has 1 heterocycles. The SMILES string of the molecule is CC1CCN(CC2CCC/C(=C\c3ccccc3)C2=O)CC1. The van der Waals surface area contributed by atoms with Gasteiger partial charge >= 0.3 is 0 Å². The molecule has 118 valence electrons. The molecule has 2 aliphatic rings. The van der Waals surface area contributed by atoms with Gasteiger partial charge in [-0.1, -0.05) is 37.3 Å². The molecule has 0 bridgehead atoms. The van der Waals surface area contributed by atoms with E-state index in [2.05, 4.69) is 30.0 Å². The minimum Gasteiger partial charge on any atom is -0.303 e. The van der Waals surface area contributed by atoms with Gasteiger partial charge in [0.15, 0.2) is 5.78 Å². The Bertz CT molecular complexity index is 526. The van der Waals surface area contributed by atoms with E-state index in [0.29, 0.717) is 5.78 Å². The van der Waals surface area contributed by atoms with Crippen molar-refractivity contribution in [3.05, 3.63) is 41.5 Å². The van der Waals surface area contributed by atoms with Crippen molar-refractivity contribution in [2.45, 2.75) is 39.0 Å². The quantitative estimate of drug-likeness (QED) is 0.780. The van der Waals surface area contributed by atoms with Crippen LogP contribution in [0.25, 0.3) is 6.08 Å². The van der Waals surface area contributed by atoms with E-state index in [1.54, 1.807) is 0 Å². The van der Waals surface area contributed by atoms with Crippen molar-refractivity contribution in [1.82, 2.24) is 4.90 Å². The molecule has 0 N–H and O–H groups in total. The Morgan fingerprint density at radius 3 is 2.59 bits per heavy atom. The summed E-state index contributed by atoms with van der Waals surface area (Å²) in [5.74, 6) is 1.47. The second-order valence-electron chi connectivity index (χ2n) is 7.02. The first kappa shape index (κ1) is 15.5. The maximum absolute atomic E-state index is 12.8. The Balaban J connectivity index is 1.64. The van der Waals surface area contributed by atoms with E-state index in [4.69, 9.17) is 0 Å². The molecule has 0 spiro atoms. The molecule has 22 heavy (non-hydrogen) atoms. The first-order valence-electron chi connectivity index (χ1n) is 8.74. The number of hydrogen-bond donors (Lipinski definition) is 0. The second-order valence-corrected chi connectivity index (χ2v) is 7.02. The largest absolute Gasteiger partial charge is 0.303 e. The van der Waals surface area contributed by atoms with Crippen LogP contribution in [0.3, 0.4) is 0 Å². The predicted octanol–water partition coefficient (Wildman–Crippen LogP) is 4.17. The highest BCUT2D eigenvalue weighted by atomic mass is 16.1. The minimum atomic E-state index is 0.220. The van der Waals surface area contributed by atoms with Crippen LogP contribution in [0.1, 0.15) is 44.6 Å². The van der Waals surface area contributed by atoms with E-state index in [-0.39, 0.29) is 5.92 Å². The molecule has 1 unspecified atom stereocenters. The van der Waals surface area contributed by atoms with Crippen LogP contribution in [0.15, 0.2) is 35.9 Å². The maximum atomic E-state index is 12.8. The summed E-state index contributed by atoms with van der Waals surface area (Å²) in [5, 5.41) is 0. The monoisotopic (exact) mass is 297 g/mol. The molecule has 1 aromatic rings. The molecule has 1 aliphatic carbocycles. The fourth-order valence-electron chi connectivity index (χ4n) is 3.68. The molecular formula is C20H27NO. The zero-order chi connectivity index (χ0) is 15.4. The Morgan fingerprint density at radius 1 is 1.14 bits per heavy atom. The molecule has 0 radical (unpaired) electrons. The van der Waals surface area contributed by atoms with Crippen molar-refractivity contribution in [2.75, 3.05) is 19.6 Å². The fraction of sp³-hybridized carbons (Fsp3) is 0.550. The van der Waals surface area contributed by atoms with E-state index in [9.17, 15) is 4.79 Å². The van der Waals surface area contributed by atoms with Crippen LogP contribution < -0.4 is 0 Å². The van der Waals surface area contributed by atoms with Crippen LogP contribution in [0.4, 0.5) is 0 Å². The maximum Gasteiger partial charge on any atom is 0.163 e. The molecule has 2 nitrogen and oxygen atoms in total. The summed E-state index contributed by atoms with van der Waals surface area (Å²) >= 11 is 0. The smallest absolute Gasteiger partial charge is 0.163 e. The van der Waals surface area contributed by atoms with Crippen LogP contribution in [-0.4, -0.2) is 30.3 Å². The zero-order valence-electron chi connectivity index (χ0n) is 13.6. The lowest BCUT2D eigenvalue weighted by Gasteiger charge is -2.34. The van der Waals surface area contributed by atoms with E-state index < -0.39 is 0 Å². The van der Waals surface area contributed by atoms with Gasteiger partial charge in [-0.3, -0.25) is 4.79 Å². The Hall–Kier alpha value is -1.41. The number of ketones is 1. The van der Waals surface area contributed by atoms with Gasteiger partial charge in [0.1, 0.15) is 0 Å². The summed E-state index contributed by atoms with van der Waals surface area (Å²) in [6.45, 7) is 5.65. The van der Waals surface area contributed by atoms with Gasteiger partial charge in [-0.15, -0.1) is 0 Å². The van der Waals surface area contributed by atoms with E-state index in [0.717, 1.165) is 42.9 Å². The van der Waals surface area contributed by atoms with Crippen LogP contribution in [0, 0.1) is 11.8 Å². The summed E-state index contributed by atoms with van der Waals surface area (Å²) < 4.78 is 0. The highest BCUT2D eigenvalue weighted by Gasteiger charge is 2.29. The molecule has 1 atom stereocenters. The third kappa shape index (κ3) is 3.86. The first-order valence-corrected chi connectivity index (χ1v) is 8.74. The number of carbonyl (C=O) groups is 1. The van der Waals surface area contributed by atoms with E-state index >= 15 is 0 Å². The van der Waals surface area contributed by atoms with E-state index in [1.165, 1.54) is 25.9 Å². The van der Waals surface area contributed by atoms with Crippen molar-refractivity contribution >= 4 is 11.9 Å². The Labute approximate surface area is 134 Å². The molecule has 1 aliphatic heterocycles. The lowest BCUT2D eigenvalue weighted by atomic mass is 9.82. The van der Waals surface area contributed by atoms with Gasteiger partial charge < -0.3 is 4.90 Å². The average molecular weight is 297 g/mol. The lowest BCUT2D eigenvalue weighted by Crippen LogP contribution is -2.39. The van der Waals surface area contributed by atoms with Crippen molar-refractivity contribution < 1.29 is 4.79 Å². The predicted molar refractivity (Wildman–Crippen MR) is 91.6 cm³/mol. The average Bonchev–Trinajstić information content (AvgIpc) is 2.54. The number of piperidine rings is 1. The van der Waals surface area contributed by atoms with Gasteiger partial charge in [-0.25, -0.2) is 0 Å². The number of Topliss-reactive ketones (excluding diaryl/α,β-unsaturated/α-hetero) is 1. The van der Waals surface area contributed by atoms with Crippen molar-refractivity contribution in [3.63, 3.8) is 0 Å². The lowest BCUT2D eigenvalue weighted by molar-refractivity contribution is -0.121. The van der Waals surface area contributed by atoms with Crippen molar-refractivity contribution in [1.29, 1.82) is 0 Å². The number of nitrogens with zero attached hydrogens (tertiary/aromatic N) is 1. The van der Waals surface area contributed by atoms with Gasteiger partial charge in [0, 0.05) is 12.5 Å². The number of allylic oxidation sites excluding steroid dienone is 1. The van der Waals surface area contributed by atoms with Crippen molar-refractivity contribution in [3.8, 4) is 0 Å². The summed E-state index contributed by atoms with van der Waals surface area (Å²) in [4.78, 5) is 15.3. The number of rotatable bonds is 3. The minimum absolute atomic E-state index is 0.220. The van der Waals surface area contributed by atoms with E-state index in [1.807, 2.05) is 18.2 Å². The summed E-state index contributed by atoms with van der Waals surface area (Å²) in [5.41, 5.74) is 2.19. The molecule has 1 saturated carbocycles. The summed E-state index contributed by atoms with van der Waals surface area (Å²) in [7, 11) is 0. The van der Waals surface area contributed by atoms with Crippen LogP contribution in [0.5, 0.6) is 0 Å². The first-order chi connectivity index (χ1) is 10.7. The number of carbonyl (C=O) groups excluding carboxylic acids is 1. The Morgan fingerprint density at radius 2 is 1.86 bits per heavy atom. The Kier molecular flexibility index (Phi) is 5.09. The van der Waals surface area contributed by atoms with Gasteiger partial charge in [-0.05, 0) is 68.3 Å². The molecule has 1 saturated heterocycles. The van der Waals surface area contributed by atoms with Crippen LogP contribution in [0.2, 0.25) is 0 Å². The second kappa shape index (κ2) is 7.23. The molecule has 3 rings (SSSR count). The third-order valence-corrected chi connectivity index (χ3v) is 5.18. The number of benzene rings is 1. The molecular weight excluding hydrogens is 270 g/mol. The van der Waals surface area contributed by atoms with Gasteiger partial charge in [0.05, 0.1) is 0 Å². The van der Waals surface area contributed by atoms with Gasteiger partial charge in [0.2, 0.25) is 0 Å². The molecule has 1 aromatic carbocycles. The normalized spacial score (nSPS) is 26.5. The van der Waals surface area contributed by atoms with Gasteiger partial charge in [0.25, 0.3) is 0 Å². The molecule has 0 amide bonds. The zero-order valence-corrected chi connectivity index (χ0v) is 13.6. The number of hydrogen-bond acceptors (Lipinski definition) is 2. The fourth-order valence-corrected chi connectivity index (χ4v) is 3.68. The summed E-state index contributed by atoms with van der Waals surface area (Å²) in [6.07, 6.45) is 7.84. The van der Waals surface area contributed by atoms with Gasteiger partial charge in [-0.2, -0.15) is 0 Å². The third-order valence-electron chi connectivity index (χ3n) is 5.18. The highest BCUT2D eigenvalue weighted by molar-refractivity contribution is 6.01.